The van der Waals surface area contributed by atoms with Crippen LogP contribution in [0.15, 0.2) is 0 Å². The molecule has 0 bridgehead atoms. The van der Waals surface area contributed by atoms with E-state index in [1.54, 1.807) is 0 Å². The van der Waals surface area contributed by atoms with Crippen LogP contribution < -0.4 is 0 Å². The molecule has 3 nitrogen and oxygen atoms in total. The van der Waals surface area contributed by atoms with Gasteiger partial charge in [0.1, 0.15) is 0 Å². The van der Waals surface area contributed by atoms with E-state index < -0.39 is 0 Å². The number of ether oxygens (including phenoxy) is 3. The standard InChI is InChI=1S/C12H20O3/c1-5-12(9-6(2)13-9,10-7(3)14-10)11-8(4)15-11/h6-11H,5H2,1-4H3. The van der Waals surface area contributed by atoms with E-state index in [0.29, 0.717) is 36.6 Å². The van der Waals surface area contributed by atoms with Crippen molar-refractivity contribution in [2.45, 2.75) is 70.7 Å². The van der Waals surface area contributed by atoms with E-state index in [9.17, 15) is 0 Å². The summed E-state index contributed by atoms with van der Waals surface area (Å²) in [7, 11) is 0. The highest BCUT2D eigenvalue weighted by molar-refractivity contribution is 5.16. The van der Waals surface area contributed by atoms with Crippen LogP contribution in [0.1, 0.15) is 34.1 Å². The van der Waals surface area contributed by atoms with Crippen molar-refractivity contribution in [3.05, 3.63) is 0 Å². The maximum absolute atomic E-state index is 5.71. The number of epoxide rings is 3. The van der Waals surface area contributed by atoms with E-state index in [0.717, 1.165) is 6.42 Å². The van der Waals surface area contributed by atoms with Crippen molar-refractivity contribution < 1.29 is 14.2 Å². The van der Waals surface area contributed by atoms with Gasteiger partial charge in [-0.1, -0.05) is 6.92 Å². The summed E-state index contributed by atoms with van der Waals surface area (Å²) in [6.07, 6.45) is 3.31. The third-order valence-corrected chi connectivity index (χ3v) is 4.33. The third kappa shape index (κ3) is 1.30. The highest BCUT2D eigenvalue weighted by Gasteiger charge is 2.70. The molecule has 6 unspecified atom stereocenters. The summed E-state index contributed by atoms with van der Waals surface area (Å²) < 4.78 is 17.1. The lowest BCUT2D eigenvalue weighted by atomic mass is 9.72. The second-order valence-corrected chi connectivity index (χ2v) is 5.25. The lowest BCUT2D eigenvalue weighted by molar-refractivity contribution is 0.0936. The van der Waals surface area contributed by atoms with E-state index in [4.69, 9.17) is 14.2 Å². The summed E-state index contributed by atoms with van der Waals surface area (Å²) >= 11 is 0. The Balaban J connectivity index is 1.85. The number of hydrogen-bond donors (Lipinski definition) is 0. The average Bonchev–Trinajstić information content (AvgIpc) is 3.06. The molecule has 0 radical (unpaired) electrons. The minimum Gasteiger partial charge on any atom is -0.369 e. The van der Waals surface area contributed by atoms with Gasteiger partial charge in [0.25, 0.3) is 0 Å². The molecule has 3 heterocycles. The molecule has 0 saturated carbocycles. The van der Waals surface area contributed by atoms with Crippen molar-refractivity contribution in [2.75, 3.05) is 0 Å². The Kier molecular flexibility index (Phi) is 1.99. The fourth-order valence-electron chi connectivity index (χ4n) is 3.34. The van der Waals surface area contributed by atoms with Gasteiger partial charge in [0.05, 0.1) is 42.0 Å². The zero-order valence-corrected chi connectivity index (χ0v) is 9.90. The Hall–Kier alpha value is -0.120. The van der Waals surface area contributed by atoms with Crippen LogP contribution in [0.5, 0.6) is 0 Å². The largest absolute Gasteiger partial charge is 0.369 e. The molecule has 3 saturated heterocycles. The van der Waals surface area contributed by atoms with Crippen LogP contribution in [0.4, 0.5) is 0 Å². The minimum absolute atomic E-state index is 0.123. The van der Waals surface area contributed by atoms with Crippen molar-refractivity contribution in [1.82, 2.24) is 0 Å². The van der Waals surface area contributed by atoms with Crippen LogP contribution in [0.2, 0.25) is 0 Å². The van der Waals surface area contributed by atoms with Crippen LogP contribution in [0, 0.1) is 5.41 Å². The van der Waals surface area contributed by atoms with Gasteiger partial charge in [0, 0.05) is 0 Å². The molecule has 0 aliphatic carbocycles. The first-order valence-electron chi connectivity index (χ1n) is 6.07. The molecule has 3 aliphatic heterocycles. The molecular formula is C12H20O3. The van der Waals surface area contributed by atoms with Gasteiger partial charge in [0.2, 0.25) is 0 Å². The summed E-state index contributed by atoms with van der Waals surface area (Å²) in [5.74, 6) is 0. The van der Waals surface area contributed by atoms with Crippen LogP contribution >= 0.6 is 0 Å². The summed E-state index contributed by atoms with van der Waals surface area (Å²) in [6, 6.07) is 0. The Morgan fingerprint density at radius 2 is 1.07 bits per heavy atom. The molecule has 3 rings (SSSR count). The second kappa shape index (κ2) is 2.96. The number of hydrogen-bond acceptors (Lipinski definition) is 3. The lowest BCUT2D eigenvalue weighted by Gasteiger charge is -2.28. The monoisotopic (exact) mass is 212 g/mol. The summed E-state index contributed by atoms with van der Waals surface area (Å²) in [5, 5.41) is 0. The maximum Gasteiger partial charge on any atom is 0.0946 e. The summed E-state index contributed by atoms with van der Waals surface area (Å²) in [6.45, 7) is 8.68. The van der Waals surface area contributed by atoms with Gasteiger partial charge in [-0.15, -0.1) is 0 Å². The predicted octanol–water partition coefficient (Wildman–Crippen LogP) is 1.74. The molecule has 86 valence electrons. The van der Waals surface area contributed by atoms with Gasteiger partial charge in [-0.05, 0) is 27.2 Å². The molecule has 3 heteroatoms. The molecule has 0 N–H and O–H groups in total. The van der Waals surface area contributed by atoms with E-state index in [1.165, 1.54) is 0 Å². The Morgan fingerprint density at radius 1 is 0.800 bits per heavy atom. The van der Waals surface area contributed by atoms with Crippen molar-refractivity contribution >= 4 is 0 Å². The van der Waals surface area contributed by atoms with E-state index >= 15 is 0 Å². The summed E-state index contributed by atoms with van der Waals surface area (Å²) in [5.41, 5.74) is 0.123. The fraction of sp³-hybridized carbons (Fsp3) is 1.00. The first kappa shape index (κ1) is 10.1. The van der Waals surface area contributed by atoms with Gasteiger partial charge in [-0.2, -0.15) is 0 Å². The quantitative estimate of drug-likeness (QED) is 0.666. The smallest absolute Gasteiger partial charge is 0.0946 e. The Labute approximate surface area is 91.1 Å². The zero-order chi connectivity index (χ0) is 10.8. The van der Waals surface area contributed by atoms with Crippen molar-refractivity contribution in [3.8, 4) is 0 Å². The van der Waals surface area contributed by atoms with Gasteiger partial charge >= 0.3 is 0 Å². The van der Waals surface area contributed by atoms with Crippen molar-refractivity contribution in [3.63, 3.8) is 0 Å². The van der Waals surface area contributed by atoms with Crippen LogP contribution in [0.25, 0.3) is 0 Å². The molecule has 3 fully saturated rings. The highest BCUT2D eigenvalue weighted by atomic mass is 16.6. The van der Waals surface area contributed by atoms with Crippen LogP contribution in [0.3, 0.4) is 0 Å². The molecular weight excluding hydrogens is 192 g/mol. The summed E-state index contributed by atoms with van der Waals surface area (Å²) in [4.78, 5) is 0. The number of rotatable bonds is 4. The zero-order valence-electron chi connectivity index (χ0n) is 9.90. The predicted molar refractivity (Wildman–Crippen MR) is 55.7 cm³/mol. The second-order valence-electron chi connectivity index (χ2n) is 5.25. The molecule has 0 amide bonds. The van der Waals surface area contributed by atoms with E-state index in [-0.39, 0.29) is 5.41 Å². The topological polar surface area (TPSA) is 37.6 Å². The SMILES string of the molecule is CCC(C1OC1C)(C1OC1C)C1OC1C. The van der Waals surface area contributed by atoms with Gasteiger partial charge < -0.3 is 14.2 Å². The Bertz CT molecular complexity index is 237. The maximum atomic E-state index is 5.71. The molecule has 15 heavy (non-hydrogen) atoms. The molecule has 6 atom stereocenters. The fourth-order valence-corrected chi connectivity index (χ4v) is 3.34. The van der Waals surface area contributed by atoms with E-state index in [1.807, 2.05) is 0 Å². The van der Waals surface area contributed by atoms with Crippen LogP contribution in [-0.2, 0) is 14.2 Å². The normalized spacial score (nSPS) is 56.0. The molecule has 3 aliphatic rings. The third-order valence-electron chi connectivity index (χ3n) is 4.33. The van der Waals surface area contributed by atoms with Gasteiger partial charge in [-0.3, -0.25) is 0 Å². The Morgan fingerprint density at radius 3 is 1.20 bits per heavy atom. The van der Waals surface area contributed by atoms with Gasteiger partial charge in [0.15, 0.2) is 0 Å². The first-order valence-corrected chi connectivity index (χ1v) is 6.07. The lowest BCUT2D eigenvalue weighted by Crippen LogP contribution is -2.41. The van der Waals surface area contributed by atoms with Crippen LogP contribution in [-0.4, -0.2) is 36.6 Å². The molecule has 0 aromatic rings. The molecule has 0 aromatic heterocycles. The average molecular weight is 212 g/mol. The van der Waals surface area contributed by atoms with E-state index in [2.05, 4.69) is 27.7 Å². The van der Waals surface area contributed by atoms with Gasteiger partial charge in [-0.25, -0.2) is 0 Å². The highest BCUT2D eigenvalue weighted by Crippen LogP contribution is 2.58. The van der Waals surface area contributed by atoms with Crippen molar-refractivity contribution in [1.29, 1.82) is 0 Å². The first-order chi connectivity index (χ1) is 7.11. The van der Waals surface area contributed by atoms with Crippen molar-refractivity contribution in [2.24, 2.45) is 5.41 Å². The molecule has 0 aromatic carbocycles. The molecule has 0 spiro atoms. The minimum atomic E-state index is 0.123.